The molecule has 0 bridgehead atoms. The van der Waals surface area contributed by atoms with Crippen LogP contribution < -0.4 is 5.32 Å². The first-order valence-corrected chi connectivity index (χ1v) is 7.46. The van der Waals surface area contributed by atoms with Crippen LogP contribution in [0.1, 0.15) is 45.1 Å². The molecular formula is C14H20ClN5. The number of aromatic nitrogens is 4. The Balaban J connectivity index is 1.94. The molecule has 3 rings (SSSR count). The van der Waals surface area contributed by atoms with E-state index in [4.69, 9.17) is 11.6 Å². The summed E-state index contributed by atoms with van der Waals surface area (Å²) in [6.07, 6.45) is 6.39. The zero-order valence-corrected chi connectivity index (χ0v) is 12.9. The van der Waals surface area contributed by atoms with Crippen molar-refractivity contribution in [1.82, 2.24) is 19.6 Å². The minimum atomic E-state index is 0.391. The Labute approximate surface area is 123 Å². The van der Waals surface area contributed by atoms with E-state index in [-0.39, 0.29) is 0 Å². The molecule has 20 heavy (non-hydrogen) atoms. The molecule has 1 saturated carbocycles. The number of hydrogen-bond donors (Lipinski definition) is 1. The van der Waals surface area contributed by atoms with Crippen molar-refractivity contribution in [2.24, 2.45) is 5.41 Å². The molecule has 108 valence electrons. The maximum atomic E-state index is 6.19. The molecular weight excluding hydrogens is 274 g/mol. The first-order chi connectivity index (χ1) is 9.46. The van der Waals surface area contributed by atoms with Crippen molar-refractivity contribution in [3.63, 3.8) is 0 Å². The van der Waals surface area contributed by atoms with E-state index in [0.717, 1.165) is 17.8 Å². The van der Waals surface area contributed by atoms with Crippen LogP contribution in [0.2, 0.25) is 5.15 Å². The highest BCUT2D eigenvalue weighted by Gasteiger charge is 2.28. The van der Waals surface area contributed by atoms with Crippen LogP contribution >= 0.6 is 11.6 Å². The molecule has 6 heteroatoms. The van der Waals surface area contributed by atoms with Crippen molar-refractivity contribution in [2.75, 3.05) is 5.32 Å². The third-order valence-electron chi connectivity index (χ3n) is 4.15. The summed E-state index contributed by atoms with van der Waals surface area (Å²) in [6, 6.07) is 0.448. The SMILES string of the molecule is Cc1c(Cl)nc2ncnn2c1NC1CCCC(C)(C)C1. The largest absolute Gasteiger partial charge is 0.367 e. The number of hydrogen-bond acceptors (Lipinski definition) is 4. The fraction of sp³-hybridized carbons (Fsp3) is 0.643. The summed E-state index contributed by atoms with van der Waals surface area (Å²) in [6.45, 7) is 6.63. The topological polar surface area (TPSA) is 55.1 Å². The lowest BCUT2D eigenvalue weighted by Crippen LogP contribution is -2.32. The Hall–Kier alpha value is -1.36. The lowest BCUT2D eigenvalue weighted by Gasteiger charge is -2.36. The third kappa shape index (κ3) is 2.46. The second kappa shape index (κ2) is 4.88. The van der Waals surface area contributed by atoms with E-state index >= 15 is 0 Å². The van der Waals surface area contributed by atoms with Crippen molar-refractivity contribution in [1.29, 1.82) is 0 Å². The Morgan fingerprint density at radius 3 is 3.00 bits per heavy atom. The fourth-order valence-electron chi connectivity index (χ4n) is 3.08. The quantitative estimate of drug-likeness (QED) is 0.862. The normalized spacial score (nSPS) is 22.1. The van der Waals surface area contributed by atoms with Gasteiger partial charge in [0.05, 0.1) is 0 Å². The summed E-state index contributed by atoms with van der Waals surface area (Å²) in [5, 5.41) is 8.34. The van der Waals surface area contributed by atoms with E-state index in [0.29, 0.717) is 22.4 Å². The van der Waals surface area contributed by atoms with Gasteiger partial charge in [0.1, 0.15) is 17.3 Å². The van der Waals surface area contributed by atoms with Gasteiger partial charge in [0.25, 0.3) is 5.78 Å². The lowest BCUT2D eigenvalue weighted by molar-refractivity contribution is 0.229. The van der Waals surface area contributed by atoms with Gasteiger partial charge in [0.2, 0.25) is 0 Å². The van der Waals surface area contributed by atoms with E-state index < -0.39 is 0 Å². The summed E-state index contributed by atoms with van der Waals surface area (Å²) in [7, 11) is 0. The van der Waals surface area contributed by atoms with Crippen molar-refractivity contribution in [3.05, 3.63) is 17.0 Å². The second-order valence-electron chi connectivity index (χ2n) is 6.45. The summed E-state index contributed by atoms with van der Waals surface area (Å²) >= 11 is 6.19. The fourth-order valence-corrected chi connectivity index (χ4v) is 3.25. The van der Waals surface area contributed by atoms with Gasteiger partial charge < -0.3 is 5.32 Å². The molecule has 1 fully saturated rings. The first-order valence-electron chi connectivity index (χ1n) is 7.09. The van der Waals surface area contributed by atoms with Crippen LogP contribution in [0.3, 0.4) is 0 Å². The van der Waals surface area contributed by atoms with E-state index in [1.54, 1.807) is 4.52 Å². The van der Waals surface area contributed by atoms with Gasteiger partial charge in [-0.2, -0.15) is 19.6 Å². The molecule has 1 aliphatic rings. The standard InChI is InChI=1S/C14H20ClN5/c1-9-11(15)19-13-16-8-17-20(13)12(9)18-10-5-4-6-14(2,3)7-10/h8,10,18H,4-7H2,1-3H3. The Bertz CT molecular complexity index is 634. The molecule has 0 saturated heterocycles. The highest BCUT2D eigenvalue weighted by molar-refractivity contribution is 6.30. The maximum Gasteiger partial charge on any atom is 0.255 e. The van der Waals surface area contributed by atoms with Crippen molar-refractivity contribution in [3.8, 4) is 0 Å². The molecule has 1 atom stereocenters. The molecule has 2 aromatic rings. The van der Waals surface area contributed by atoms with Crippen molar-refractivity contribution < 1.29 is 0 Å². The Morgan fingerprint density at radius 1 is 1.45 bits per heavy atom. The van der Waals surface area contributed by atoms with Crippen LogP contribution in [0.25, 0.3) is 5.78 Å². The van der Waals surface area contributed by atoms with Gasteiger partial charge in [-0.05, 0) is 31.6 Å². The van der Waals surface area contributed by atoms with Crippen molar-refractivity contribution in [2.45, 2.75) is 52.5 Å². The molecule has 5 nitrogen and oxygen atoms in total. The number of rotatable bonds is 2. The van der Waals surface area contributed by atoms with E-state index in [1.807, 2.05) is 6.92 Å². The molecule has 0 amide bonds. The number of halogens is 1. The molecule has 1 aliphatic carbocycles. The van der Waals surface area contributed by atoms with Crippen LogP contribution in [0.5, 0.6) is 0 Å². The Morgan fingerprint density at radius 2 is 2.25 bits per heavy atom. The molecule has 0 aromatic carbocycles. The van der Waals surface area contributed by atoms with E-state index in [2.05, 4.69) is 34.2 Å². The monoisotopic (exact) mass is 293 g/mol. The number of nitrogens with zero attached hydrogens (tertiary/aromatic N) is 4. The molecule has 0 aliphatic heterocycles. The number of anilines is 1. The molecule has 2 heterocycles. The highest BCUT2D eigenvalue weighted by Crippen LogP contribution is 2.37. The predicted octanol–water partition coefficient (Wildman–Crippen LogP) is 3.47. The Kier molecular flexibility index (Phi) is 3.32. The van der Waals surface area contributed by atoms with Gasteiger partial charge in [0, 0.05) is 11.6 Å². The summed E-state index contributed by atoms with van der Waals surface area (Å²) in [5.41, 5.74) is 1.32. The third-order valence-corrected chi connectivity index (χ3v) is 4.52. The predicted molar refractivity (Wildman–Crippen MR) is 80.2 cm³/mol. The van der Waals surface area contributed by atoms with Gasteiger partial charge in [0.15, 0.2) is 0 Å². The molecule has 1 N–H and O–H groups in total. The summed E-state index contributed by atoms with van der Waals surface area (Å²) in [4.78, 5) is 8.35. The van der Waals surface area contributed by atoms with Gasteiger partial charge in [-0.25, -0.2) is 0 Å². The number of nitrogens with one attached hydrogen (secondary N) is 1. The zero-order valence-electron chi connectivity index (χ0n) is 12.1. The average molecular weight is 294 g/mol. The van der Waals surface area contributed by atoms with Crippen LogP contribution in [0, 0.1) is 12.3 Å². The zero-order chi connectivity index (χ0) is 14.3. The van der Waals surface area contributed by atoms with Gasteiger partial charge >= 0.3 is 0 Å². The van der Waals surface area contributed by atoms with Crippen LogP contribution in [-0.4, -0.2) is 25.6 Å². The highest BCUT2D eigenvalue weighted by atomic mass is 35.5. The second-order valence-corrected chi connectivity index (χ2v) is 6.81. The van der Waals surface area contributed by atoms with Crippen molar-refractivity contribution >= 4 is 23.2 Å². The average Bonchev–Trinajstić information content (AvgIpc) is 2.81. The van der Waals surface area contributed by atoms with Gasteiger partial charge in [-0.3, -0.25) is 0 Å². The smallest absolute Gasteiger partial charge is 0.255 e. The summed E-state index contributed by atoms with van der Waals surface area (Å²) in [5.74, 6) is 1.46. The van der Waals surface area contributed by atoms with Crippen LogP contribution in [0.4, 0.5) is 5.82 Å². The molecule has 2 aromatic heterocycles. The molecule has 0 radical (unpaired) electrons. The van der Waals surface area contributed by atoms with Crippen LogP contribution in [0.15, 0.2) is 6.33 Å². The minimum absolute atomic E-state index is 0.391. The number of fused-ring (bicyclic) bond motifs is 1. The molecule has 1 unspecified atom stereocenters. The minimum Gasteiger partial charge on any atom is -0.367 e. The first kappa shape index (κ1) is 13.6. The van der Waals surface area contributed by atoms with Gasteiger partial charge in [-0.15, -0.1) is 0 Å². The lowest BCUT2D eigenvalue weighted by atomic mass is 9.75. The van der Waals surface area contributed by atoms with E-state index in [9.17, 15) is 0 Å². The summed E-state index contributed by atoms with van der Waals surface area (Å²) < 4.78 is 1.74. The van der Waals surface area contributed by atoms with Gasteiger partial charge in [-0.1, -0.05) is 31.9 Å². The van der Waals surface area contributed by atoms with Crippen LogP contribution in [-0.2, 0) is 0 Å². The molecule has 0 spiro atoms. The van der Waals surface area contributed by atoms with E-state index in [1.165, 1.54) is 25.6 Å². The maximum absolute atomic E-state index is 6.19.